The minimum atomic E-state index is -0.870. The van der Waals surface area contributed by atoms with E-state index in [0.29, 0.717) is 16.8 Å². The van der Waals surface area contributed by atoms with Crippen LogP contribution in [-0.2, 0) is 20.9 Å². The second-order valence-electron chi connectivity index (χ2n) is 3.60. The number of rotatable bonds is 3. The fourth-order valence-electron chi connectivity index (χ4n) is 1.58. The topological polar surface area (TPSA) is 61.8 Å². The molecule has 18 heavy (non-hydrogen) atoms. The summed E-state index contributed by atoms with van der Waals surface area (Å²) in [5, 5.41) is 0. The summed E-state index contributed by atoms with van der Waals surface area (Å²) in [7, 11) is 0. The molecule has 0 spiro atoms. The standard InChI is InChI=1S/C12H11BrO5/c1-2-17-12(15)11(14)8-4-10-7(3-9(8)13)5-16-6-18-10/h3-4H,2,5-6H2,1H3. The molecular weight excluding hydrogens is 304 g/mol. The van der Waals surface area contributed by atoms with E-state index in [2.05, 4.69) is 20.7 Å². The van der Waals surface area contributed by atoms with Gasteiger partial charge in [-0.2, -0.15) is 0 Å². The van der Waals surface area contributed by atoms with Crippen LogP contribution < -0.4 is 4.74 Å². The zero-order valence-corrected chi connectivity index (χ0v) is 11.3. The molecule has 96 valence electrons. The van der Waals surface area contributed by atoms with Gasteiger partial charge in [0.1, 0.15) is 5.75 Å². The summed E-state index contributed by atoms with van der Waals surface area (Å²) >= 11 is 3.26. The van der Waals surface area contributed by atoms with Crippen LogP contribution in [0.5, 0.6) is 5.75 Å². The largest absolute Gasteiger partial charge is 0.467 e. The van der Waals surface area contributed by atoms with Gasteiger partial charge < -0.3 is 14.2 Å². The maximum absolute atomic E-state index is 11.8. The first-order valence-electron chi connectivity index (χ1n) is 5.38. The highest BCUT2D eigenvalue weighted by atomic mass is 79.9. The van der Waals surface area contributed by atoms with Crippen molar-refractivity contribution in [3.8, 4) is 5.75 Å². The van der Waals surface area contributed by atoms with E-state index in [1.807, 2.05) is 0 Å². The number of halogens is 1. The molecule has 0 atom stereocenters. The molecule has 0 aromatic heterocycles. The zero-order valence-electron chi connectivity index (χ0n) is 9.70. The number of hydrogen-bond donors (Lipinski definition) is 0. The summed E-state index contributed by atoms with van der Waals surface area (Å²) in [6.07, 6.45) is 0. The number of hydrogen-bond acceptors (Lipinski definition) is 5. The third-order valence-electron chi connectivity index (χ3n) is 2.41. The number of fused-ring (bicyclic) bond motifs is 1. The van der Waals surface area contributed by atoms with Crippen LogP contribution in [0.25, 0.3) is 0 Å². The van der Waals surface area contributed by atoms with E-state index in [9.17, 15) is 9.59 Å². The highest BCUT2D eigenvalue weighted by Gasteiger charge is 2.23. The van der Waals surface area contributed by atoms with E-state index in [1.165, 1.54) is 6.07 Å². The lowest BCUT2D eigenvalue weighted by Crippen LogP contribution is -2.19. The van der Waals surface area contributed by atoms with Crippen LogP contribution in [0.3, 0.4) is 0 Å². The van der Waals surface area contributed by atoms with E-state index in [-0.39, 0.29) is 19.0 Å². The molecule has 0 saturated carbocycles. The average Bonchev–Trinajstić information content (AvgIpc) is 2.37. The molecule has 1 aliphatic rings. The van der Waals surface area contributed by atoms with Gasteiger partial charge in [-0.1, -0.05) is 15.9 Å². The Morgan fingerprint density at radius 2 is 2.22 bits per heavy atom. The maximum atomic E-state index is 11.8. The second kappa shape index (κ2) is 5.49. The summed E-state index contributed by atoms with van der Waals surface area (Å²) in [4.78, 5) is 23.3. The van der Waals surface area contributed by atoms with Crippen LogP contribution >= 0.6 is 15.9 Å². The van der Waals surface area contributed by atoms with Gasteiger partial charge in [0, 0.05) is 15.6 Å². The van der Waals surface area contributed by atoms with Crippen LogP contribution in [0.1, 0.15) is 22.8 Å². The Kier molecular flexibility index (Phi) is 3.98. The minimum absolute atomic E-state index is 0.141. The first-order valence-corrected chi connectivity index (χ1v) is 6.17. The Bertz CT molecular complexity index is 497. The van der Waals surface area contributed by atoms with E-state index in [1.54, 1.807) is 13.0 Å². The van der Waals surface area contributed by atoms with Gasteiger partial charge in [0.2, 0.25) is 0 Å². The second-order valence-corrected chi connectivity index (χ2v) is 4.45. The molecule has 1 heterocycles. The fourth-order valence-corrected chi connectivity index (χ4v) is 2.15. The van der Waals surface area contributed by atoms with Gasteiger partial charge in [-0.3, -0.25) is 4.79 Å². The summed E-state index contributed by atoms with van der Waals surface area (Å²) in [6, 6.07) is 3.24. The number of ketones is 1. The van der Waals surface area contributed by atoms with Gasteiger partial charge in [-0.15, -0.1) is 0 Å². The maximum Gasteiger partial charge on any atom is 0.379 e. The van der Waals surface area contributed by atoms with Crippen molar-refractivity contribution in [1.29, 1.82) is 0 Å². The smallest absolute Gasteiger partial charge is 0.379 e. The van der Waals surface area contributed by atoms with Crippen molar-refractivity contribution >= 4 is 27.7 Å². The first kappa shape index (κ1) is 13.0. The molecule has 0 bridgehead atoms. The quantitative estimate of drug-likeness (QED) is 0.485. The Morgan fingerprint density at radius 1 is 1.44 bits per heavy atom. The Hall–Kier alpha value is -1.40. The molecular formula is C12H11BrO5. The third-order valence-corrected chi connectivity index (χ3v) is 3.07. The number of carbonyl (C=O) groups is 2. The molecule has 6 heteroatoms. The van der Waals surface area contributed by atoms with Crippen LogP contribution in [0.15, 0.2) is 16.6 Å². The van der Waals surface area contributed by atoms with Gasteiger partial charge >= 0.3 is 5.97 Å². The van der Waals surface area contributed by atoms with Gasteiger partial charge in [0.25, 0.3) is 5.78 Å². The van der Waals surface area contributed by atoms with Crippen molar-refractivity contribution in [3.63, 3.8) is 0 Å². The summed E-state index contributed by atoms with van der Waals surface area (Å²) in [5.41, 5.74) is 1.06. The van der Waals surface area contributed by atoms with E-state index in [4.69, 9.17) is 9.47 Å². The van der Waals surface area contributed by atoms with Crippen LogP contribution in [0.2, 0.25) is 0 Å². The van der Waals surface area contributed by atoms with Crippen LogP contribution in [-0.4, -0.2) is 25.2 Å². The molecule has 5 nitrogen and oxygen atoms in total. The SMILES string of the molecule is CCOC(=O)C(=O)c1cc2c(cc1Br)COCO2. The van der Waals surface area contributed by atoms with Gasteiger partial charge in [-0.05, 0) is 19.1 Å². The number of Topliss-reactive ketones (excluding diaryl/α,β-unsaturated/α-hetero) is 1. The number of ether oxygens (including phenoxy) is 3. The van der Waals surface area contributed by atoms with Crippen molar-refractivity contribution in [1.82, 2.24) is 0 Å². The molecule has 1 aromatic rings. The number of carbonyl (C=O) groups excluding carboxylic acids is 2. The summed E-state index contributed by atoms with van der Waals surface area (Å²) in [5.74, 6) is -1.01. The summed E-state index contributed by atoms with van der Waals surface area (Å²) < 4.78 is 15.6. The summed E-state index contributed by atoms with van der Waals surface area (Å²) in [6.45, 7) is 2.37. The fraction of sp³-hybridized carbons (Fsp3) is 0.333. The van der Waals surface area contributed by atoms with Crippen molar-refractivity contribution in [3.05, 3.63) is 27.7 Å². The lowest BCUT2D eigenvalue weighted by atomic mass is 10.1. The molecule has 0 radical (unpaired) electrons. The molecule has 0 unspecified atom stereocenters. The predicted octanol–water partition coefficient (Wildman–Crippen LogP) is 2.06. The monoisotopic (exact) mass is 314 g/mol. The lowest BCUT2D eigenvalue weighted by Gasteiger charge is -2.18. The molecule has 1 aliphatic heterocycles. The van der Waals surface area contributed by atoms with Crippen LogP contribution in [0.4, 0.5) is 0 Å². The van der Waals surface area contributed by atoms with E-state index >= 15 is 0 Å². The minimum Gasteiger partial charge on any atom is -0.467 e. The van der Waals surface area contributed by atoms with Crippen molar-refractivity contribution in [2.45, 2.75) is 13.5 Å². The van der Waals surface area contributed by atoms with Crippen molar-refractivity contribution in [2.24, 2.45) is 0 Å². The normalized spacial score (nSPS) is 13.4. The van der Waals surface area contributed by atoms with Crippen LogP contribution in [0, 0.1) is 0 Å². The third kappa shape index (κ3) is 2.54. The zero-order chi connectivity index (χ0) is 13.1. The Balaban J connectivity index is 2.33. The van der Waals surface area contributed by atoms with E-state index < -0.39 is 11.8 Å². The van der Waals surface area contributed by atoms with Crippen molar-refractivity contribution in [2.75, 3.05) is 13.4 Å². The predicted molar refractivity (Wildman–Crippen MR) is 65.4 cm³/mol. The molecule has 0 N–H and O–H groups in total. The molecule has 2 rings (SSSR count). The molecule has 0 amide bonds. The highest BCUT2D eigenvalue weighted by Crippen LogP contribution is 2.30. The van der Waals surface area contributed by atoms with Gasteiger partial charge in [-0.25, -0.2) is 4.79 Å². The van der Waals surface area contributed by atoms with Crippen molar-refractivity contribution < 1.29 is 23.8 Å². The Morgan fingerprint density at radius 3 is 2.94 bits per heavy atom. The molecule has 0 fully saturated rings. The lowest BCUT2D eigenvalue weighted by molar-refractivity contribution is -0.137. The Labute approximate surface area is 112 Å². The van der Waals surface area contributed by atoms with E-state index in [0.717, 1.165) is 5.56 Å². The molecule has 0 aliphatic carbocycles. The van der Waals surface area contributed by atoms with Gasteiger partial charge in [0.15, 0.2) is 6.79 Å². The van der Waals surface area contributed by atoms with Gasteiger partial charge in [0.05, 0.1) is 13.2 Å². The molecule has 1 aromatic carbocycles. The first-order chi connectivity index (χ1) is 8.63. The molecule has 0 saturated heterocycles. The average molecular weight is 315 g/mol. The number of benzene rings is 1. The highest BCUT2D eigenvalue weighted by molar-refractivity contribution is 9.10. The number of esters is 1.